The van der Waals surface area contributed by atoms with E-state index in [1.54, 1.807) is 25.4 Å². The molecule has 1 unspecified atom stereocenters. The van der Waals surface area contributed by atoms with E-state index >= 15 is 0 Å². The van der Waals surface area contributed by atoms with E-state index in [4.69, 9.17) is 14.8 Å². The number of pyridine rings is 1. The molecule has 5 nitrogen and oxygen atoms in total. The van der Waals surface area contributed by atoms with Gasteiger partial charge in [-0.1, -0.05) is 18.2 Å². The fraction of sp³-hybridized carbons (Fsp3) is 0.269. The minimum Gasteiger partial charge on any atom is -0.496 e. The molecule has 4 aromatic rings. The highest BCUT2D eigenvalue weighted by molar-refractivity contribution is 5.74. The van der Waals surface area contributed by atoms with E-state index in [-0.39, 0.29) is 5.92 Å². The summed E-state index contributed by atoms with van der Waals surface area (Å²) in [5.74, 6) is 1.95. The van der Waals surface area contributed by atoms with Crippen LogP contribution in [0.4, 0.5) is 13.2 Å². The molecule has 174 valence electrons. The monoisotopic (exact) mass is 464 g/mol. The number of fused-ring (bicyclic) bond motifs is 1. The predicted octanol–water partition coefficient (Wildman–Crippen LogP) is 6.27. The minimum atomic E-state index is -4.35. The number of halogens is 3. The fourth-order valence-electron chi connectivity index (χ4n) is 4.48. The van der Waals surface area contributed by atoms with Gasteiger partial charge in [-0.2, -0.15) is 18.3 Å². The van der Waals surface area contributed by atoms with Gasteiger partial charge < -0.3 is 4.74 Å². The summed E-state index contributed by atoms with van der Waals surface area (Å²) in [6.45, 7) is 2.67. The molecule has 0 spiro atoms. The first kappa shape index (κ1) is 22.1. The SMILES string of the molecule is COc1cc(-c2nc3n(n2)CCCC3c2ccc(C(F)(F)F)cc2)ccc1-c1ccnc(C)c1. The number of ether oxygens (including phenoxy) is 1. The molecule has 0 N–H and O–H groups in total. The van der Waals surface area contributed by atoms with Crippen molar-refractivity contribution >= 4 is 0 Å². The van der Waals surface area contributed by atoms with E-state index in [0.29, 0.717) is 11.6 Å². The van der Waals surface area contributed by atoms with Crippen LogP contribution < -0.4 is 4.74 Å². The van der Waals surface area contributed by atoms with Crippen LogP contribution in [0, 0.1) is 6.92 Å². The van der Waals surface area contributed by atoms with Crippen molar-refractivity contribution in [1.82, 2.24) is 19.7 Å². The Morgan fingerprint density at radius 3 is 2.50 bits per heavy atom. The first-order valence-corrected chi connectivity index (χ1v) is 11.1. The molecule has 2 aromatic heterocycles. The van der Waals surface area contributed by atoms with Crippen LogP contribution in [0.3, 0.4) is 0 Å². The molecule has 2 aromatic carbocycles. The van der Waals surface area contributed by atoms with E-state index in [2.05, 4.69) is 4.98 Å². The highest BCUT2D eigenvalue weighted by Crippen LogP contribution is 2.37. The summed E-state index contributed by atoms with van der Waals surface area (Å²) in [6.07, 6.45) is -0.888. The van der Waals surface area contributed by atoms with Crippen LogP contribution in [0.1, 0.15) is 41.4 Å². The zero-order chi connectivity index (χ0) is 23.9. The molecular weight excluding hydrogens is 441 g/mol. The average Bonchev–Trinajstić information content (AvgIpc) is 3.28. The van der Waals surface area contributed by atoms with E-state index in [9.17, 15) is 13.2 Å². The quantitative estimate of drug-likeness (QED) is 0.357. The zero-order valence-corrected chi connectivity index (χ0v) is 18.8. The van der Waals surface area contributed by atoms with Gasteiger partial charge in [0.15, 0.2) is 5.82 Å². The van der Waals surface area contributed by atoms with Gasteiger partial charge in [0.1, 0.15) is 11.6 Å². The Balaban J connectivity index is 1.48. The van der Waals surface area contributed by atoms with Gasteiger partial charge in [0.05, 0.1) is 12.7 Å². The van der Waals surface area contributed by atoms with Crippen LogP contribution in [0.2, 0.25) is 0 Å². The number of hydrogen-bond acceptors (Lipinski definition) is 4. The van der Waals surface area contributed by atoms with Crippen molar-refractivity contribution in [3.63, 3.8) is 0 Å². The Labute approximate surface area is 195 Å². The largest absolute Gasteiger partial charge is 0.496 e. The number of alkyl halides is 3. The number of benzene rings is 2. The number of methoxy groups -OCH3 is 1. The highest BCUT2D eigenvalue weighted by atomic mass is 19.4. The maximum absolute atomic E-state index is 13.0. The molecule has 0 fully saturated rings. The second kappa shape index (κ2) is 8.59. The maximum Gasteiger partial charge on any atom is 0.416 e. The lowest BCUT2D eigenvalue weighted by atomic mass is 9.90. The first-order chi connectivity index (χ1) is 16.3. The molecule has 3 heterocycles. The molecule has 0 amide bonds. The summed E-state index contributed by atoms with van der Waals surface area (Å²) < 4.78 is 46.4. The number of hydrogen-bond donors (Lipinski definition) is 0. The van der Waals surface area contributed by atoms with Gasteiger partial charge in [-0.15, -0.1) is 0 Å². The van der Waals surface area contributed by atoms with Gasteiger partial charge in [-0.25, -0.2) is 9.67 Å². The molecule has 5 rings (SSSR count). The van der Waals surface area contributed by atoms with Gasteiger partial charge in [0.25, 0.3) is 0 Å². The summed E-state index contributed by atoms with van der Waals surface area (Å²) in [7, 11) is 1.63. The Hall–Kier alpha value is -3.68. The van der Waals surface area contributed by atoms with Gasteiger partial charge in [0.2, 0.25) is 0 Å². The first-order valence-electron chi connectivity index (χ1n) is 11.1. The summed E-state index contributed by atoms with van der Waals surface area (Å²) >= 11 is 0. The van der Waals surface area contributed by atoms with Crippen molar-refractivity contribution in [2.75, 3.05) is 7.11 Å². The summed E-state index contributed by atoms with van der Waals surface area (Å²) in [4.78, 5) is 9.06. The van der Waals surface area contributed by atoms with Crippen molar-refractivity contribution in [3.05, 3.63) is 83.4 Å². The van der Waals surface area contributed by atoms with Crippen LogP contribution in [-0.2, 0) is 12.7 Å². The van der Waals surface area contributed by atoms with Crippen molar-refractivity contribution in [2.24, 2.45) is 0 Å². The van der Waals surface area contributed by atoms with E-state index in [0.717, 1.165) is 65.3 Å². The second-order valence-corrected chi connectivity index (χ2v) is 8.43. The van der Waals surface area contributed by atoms with Crippen LogP contribution in [0.5, 0.6) is 5.75 Å². The summed E-state index contributed by atoms with van der Waals surface area (Å²) in [6, 6.07) is 15.2. The van der Waals surface area contributed by atoms with Gasteiger partial charge in [-0.3, -0.25) is 4.98 Å². The van der Waals surface area contributed by atoms with Crippen molar-refractivity contribution in [2.45, 2.75) is 38.4 Å². The molecular formula is C26H23F3N4O. The Kier molecular flexibility index (Phi) is 5.59. The predicted molar refractivity (Wildman–Crippen MR) is 122 cm³/mol. The second-order valence-electron chi connectivity index (χ2n) is 8.43. The van der Waals surface area contributed by atoms with E-state index < -0.39 is 11.7 Å². The van der Waals surface area contributed by atoms with E-state index in [1.165, 1.54) is 0 Å². The van der Waals surface area contributed by atoms with Crippen LogP contribution in [-0.4, -0.2) is 26.9 Å². The molecule has 34 heavy (non-hydrogen) atoms. The molecule has 0 saturated carbocycles. The van der Waals surface area contributed by atoms with Gasteiger partial charge in [-0.05, 0) is 67.3 Å². The van der Waals surface area contributed by atoms with Crippen LogP contribution in [0.25, 0.3) is 22.5 Å². The maximum atomic E-state index is 13.0. The third kappa shape index (κ3) is 4.16. The highest BCUT2D eigenvalue weighted by Gasteiger charge is 2.31. The third-order valence-electron chi connectivity index (χ3n) is 6.18. The lowest BCUT2D eigenvalue weighted by Gasteiger charge is -2.22. The number of aryl methyl sites for hydroxylation is 2. The smallest absolute Gasteiger partial charge is 0.416 e. The molecule has 1 aliphatic rings. The Bertz CT molecular complexity index is 1330. The Morgan fingerprint density at radius 1 is 1.00 bits per heavy atom. The molecule has 0 bridgehead atoms. The van der Waals surface area contributed by atoms with Crippen LogP contribution in [0.15, 0.2) is 60.8 Å². The standard InChI is InChI=1S/C26H23F3N4O/c1-16-14-18(11-12-30-16)21-10-7-19(15-23(21)34-2)24-31-25-22(4-3-13-33(25)32-24)17-5-8-20(9-6-17)26(27,28)29/h5-12,14-15,22H,3-4,13H2,1-2H3. The van der Waals surface area contributed by atoms with Gasteiger partial charge >= 0.3 is 6.18 Å². The molecule has 1 aliphatic heterocycles. The van der Waals surface area contributed by atoms with Gasteiger partial charge in [0, 0.05) is 35.5 Å². The van der Waals surface area contributed by atoms with Crippen molar-refractivity contribution in [1.29, 1.82) is 0 Å². The fourth-order valence-corrected chi connectivity index (χ4v) is 4.48. The average molecular weight is 464 g/mol. The minimum absolute atomic E-state index is 0.0988. The van der Waals surface area contributed by atoms with Crippen molar-refractivity contribution in [3.8, 4) is 28.3 Å². The zero-order valence-electron chi connectivity index (χ0n) is 18.8. The van der Waals surface area contributed by atoms with Crippen molar-refractivity contribution < 1.29 is 17.9 Å². The lowest BCUT2D eigenvalue weighted by Crippen LogP contribution is -2.18. The van der Waals surface area contributed by atoms with Crippen LogP contribution >= 0.6 is 0 Å². The number of nitrogens with zero attached hydrogens (tertiary/aromatic N) is 4. The molecule has 0 aliphatic carbocycles. The summed E-state index contributed by atoms with van der Waals surface area (Å²) in [5.41, 5.74) is 3.86. The number of rotatable bonds is 4. The summed E-state index contributed by atoms with van der Waals surface area (Å²) in [5, 5.41) is 4.71. The normalized spacial score (nSPS) is 15.7. The Morgan fingerprint density at radius 2 is 1.79 bits per heavy atom. The molecule has 0 radical (unpaired) electrons. The lowest BCUT2D eigenvalue weighted by molar-refractivity contribution is -0.137. The molecule has 0 saturated heterocycles. The van der Waals surface area contributed by atoms with E-state index in [1.807, 2.05) is 41.9 Å². The number of aromatic nitrogens is 4. The molecule has 1 atom stereocenters. The third-order valence-corrected chi connectivity index (χ3v) is 6.18. The topological polar surface area (TPSA) is 52.8 Å². The molecule has 8 heteroatoms.